The van der Waals surface area contributed by atoms with Gasteiger partial charge < -0.3 is 10.1 Å². The number of ketones is 1. The number of thiophene rings is 2. The minimum absolute atomic E-state index is 0.126. The molecule has 3 heterocycles. The molecule has 0 saturated carbocycles. The quantitative estimate of drug-likeness (QED) is 0.606. The summed E-state index contributed by atoms with van der Waals surface area (Å²) in [7, 11) is 0. The van der Waals surface area contributed by atoms with Crippen molar-refractivity contribution in [3.8, 4) is 0 Å². The second-order valence-electron chi connectivity index (χ2n) is 8.14. The standard InChI is InChI=1S/C24H27NO3S2/c1-5-16-8-9-20(30-16)23-21(24(27)28-13(2)3)14(4)25-17-11-15(12-18(26)22(17)23)19-7-6-10-29-19/h6-10,13,15,23,25H,5,11-12H2,1-4H3/t15-,23-/m1/s1. The number of hydrogen-bond donors (Lipinski definition) is 1. The maximum Gasteiger partial charge on any atom is 0.337 e. The third-order valence-electron chi connectivity index (χ3n) is 5.65. The molecule has 1 aliphatic heterocycles. The lowest BCUT2D eigenvalue weighted by molar-refractivity contribution is -0.143. The summed E-state index contributed by atoms with van der Waals surface area (Å²) in [6.45, 7) is 7.74. The fourth-order valence-electron chi connectivity index (χ4n) is 4.34. The van der Waals surface area contributed by atoms with Crippen LogP contribution < -0.4 is 5.32 Å². The smallest absolute Gasteiger partial charge is 0.337 e. The lowest BCUT2D eigenvalue weighted by Crippen LogP contribution is -2.36. The maximum absolute atomic E-state index is 13.4. The van der Waals surface area contributed by atoms with Crippen molar-refractivity contribution in [1.29, 1.82) is 0 Å². The highest BCUT2D eigenvalue weighted by molar-refractivity contribution is 7.12. The van der Waals surface area contributed by atoms with Crippen LogP contribution in [0.15, 0.2) is 52.2 Å². The lowest BCUT2D eigenvalue weighted by atomic mass is 9.74. The molecule has 4 rings (SSSR count). The average Bonchev–Trinajstić information content (AvgIpc) is 3.38. The number of aryl methyl sites for hydroxylation is 1. The number of ether oxygens (including phenoxy) is 1. The lowest BCUT2D eigenvalue weighted by Gasteiger charge is -2.36. The van der Waals surface area contributed by atoms with E-state index in [-0.39, 0.29) is 29.7 Å². The van der Waals surface area contributed by atoms with Gasteiger partial charge in [0.25, 0.3) is 0 Å². The Labute approximate surface area is 185 Å². The molecule has 0 amide bonds. The van der Waals surface area contributed by atoms with Crippen molar-refractivity contribution >= 4 is 34.4 Å². The van der Waals surface area contributed by atoms with Crippen LogP contribution in [0, 0.1) is 0 Å². The first-order chi connectivity index (χ1) is 14.4. The number of nitrogens with one attached hydrogen (secondary N) is 1. The Morgan fingerprint density at radius 2 is 2.03 bits per heavy atom. The molecule has 1 aliphatic carbocycles. The van der Waals surface area contributed by atoms with Gasteiger partial charge in [0.15, 0.2) is 5.78 Å². The predicted octanol–water partition coefficient (Wildman–Crippen LogP) is 5.69. The Kier molecular flexibility index (Phi) is 5.98. The summed E-state index contributed by atoms with van der Waals surface area (Å²) in [6, 6.07) is 8.31. The first-order valence-corrected chi connectivity index (χ1v) is 12.2. The summed E-state index contributed by atoms with van der Waals surface area (Å²) in [5.41, 5.74) is 3.05. The summed E-state index contributed by atoms with van der Waals surface area (Å²) in [5, 5.41) is 5.47. The Balaban J connectivity index is 1.79. The maximum atomic E-state index is 13.4. The number of carbonyl (C=O) groups is 2. The van der Waals surface area contributed by atoms with Crippen molar-refractivity contribution in [3.63, 3.8) is 0 Å². The molecule has 2 aliphatic rings. The first-order valence-electron chi connectivity index (χ1n) is 10.5. The van der Waals surface area contributed by atoms with Crippen LogP contribution in [0.3, 0.4) is 0 Å². The van der Waals surface area contributed by atoms with Crippen LogP contribution in [0.2, 0.25) is 0 Å². The average molecular weight is 442 g/mol. The van der Waals surface area contributed by atoms with E-state index in [1.165, 1.54) is 9.75 Å². The summed E-state index contributed by atoms with van der Waals surface area (Å²) in [5.74, 6) is -0.377. The van der Waals surface area contributed by atoms with Gasteiger partial charge in [0.2, 0.25) is 0 Å². The van der Waals surface area contributed by atoms with E-state index in [2.05, 4.69) is 35.8 Å². The van der Waals surface area contributed by atoms with E-state index in [0.29, 0.717) is 12.0 Å². The number of hydrogen-bond acceptors (Lipinski definition) is 6. The van der Waals surface area contributed by atoms with E-state index >= 15 is 0 Å². The van der Waals surface area contributed by atoms with Crippen LogP contribution in [0.1, 0.15) is 67.0 Å². The Bertz CT molecular complexity index is 1030. The van der Waals surface area contributed by atoms with Crippen molar-refractivity contribution in [2.75, 3.05) is 0 Å². The third-order valence-corrected chi connectivity index (χ3v) is 7.98. The highest BCUT2D eigenvalue weighted by atomic mass is 32.1. The van der Waals surface area contributed by atoms with Gasteiger partial charge in [-0.25, -0.2) is 4.79 Å². The monoisotopic (exact) mass is 441 g/mol. The molecule has 158 valence electrons. The van der Waals surface area contributed by atoms with E-state index < -0.39 is 0 Å². The zero-order valence-corrected chi connectivity index (χ0v) is 19.4. The number of dihydropyridines is 1. The van der Waals surface area contributed by atoms with E-state index in [0.717, 1.165) is 34.7 Å². The topological polar surface area (TPSA) is 55.4 Å². The molecule has 0 radical (unpaired) electrons. The van der Waals surface area contributed by atoms with Crippen LogP contribution in [0.25, 0.3) is 0 Å². The van der Waals surface area contributed by atoms with Gasteiger partial charge >= 0.3 is 5.97 Å². The first kappa shape index (κ1) is 21.1. The van der Waals surface area contributed by atoms with Gasteiger partial charge in [0.1, 0.15) is 0 Å². The zero-order valence-electron chi connectivity index (χ0n) is 17.8. The van der Waals surface area contributed by atoms with Gasteiger partial charge in [-0.3, -0.25) is 4.79 Å². The highest BCUT2D eigenvalue weighted by Gasteiger charge is 2.42. The molecular weight excluding hydrogens is 414 g/mol. The van der Waals surface area contributed by atoms with Crippen LogP contribution in [-0.2, 0) is 20.7 Å². The van der Waals surface area contributed by atoms with Gasteiger partial charge in [0, 0.05) is 43.9 Å². The molecule has 4 nitrogen and oxygen atoms in total. The second kappa shape index (κ2) is 8.52. The second-order valence-corrected chi connectivity index (χ2v) is 10.3. The van der Waals surface area contributed by atoms with Crippen LogP contribution >= 0.6 is 22.7 Å². The number of Topliss-reactive ketones (excluding diaryl/α,β-unsaturated/α-hetero) is 1. The Morgan fingerprint density at radius 3 is 2.67 bits per heavy atom. The molecule has 6 heteroatoms. The fourth-order valence-corrected chi connectivity index (χ4v) is 6.24. The summed E-state index contributed by atoms with van der Waals surface area (Å²) < 4.78 is 5.58. The normalized spacial score (nSPS) is 21.7. The molecule has 0 saturated heterocycles. The molecule has 0 fully saturated rings. The molecule has 2 aromatic rings. The van der Waals surface area contributed by atoms with Crippen molar-refractivity contribution in [1.82, 2.24) is 5.32 Å². The molecule has 0 spiro atoms. The van der Waals surface area contributed by atoms with Crippen molar-refractivity contribution < 1.29 is 14.3 Å². The van der Waals surface area contributed by atoms with E-state index in [4.69, 9.17) is 4.74 Å². The number of allylic oxidation sites excluding steroid dienone is 3. The largest absolute Gasteiger partial charge is 0.460 e. The van der Waals surface area contributed by atoms with Crippen molar-refractivity contribution in [3.05, 3.63) is 66.8 Å². The Hall–Kier alpha value is -2.18. The van der Waals surface area contributed by atoms with Gasteiger partial charge in [-0.2, -0.15) is 0 Å². The highest BCUT2D eigenvalue weighted by Crippen LogP contribution is 2.47. The zero-order chi connectivity index (χ0) is 21.4. The van der Waals surface area contributed by atoms with Gasteiger partial charge in [-0.15, -0.1) is 22.7 Å². The molecule has 0 unspecified atom stereocenters. The van der Waals surface area contributed by atoms with E-state index in [9.17, 15) is 9.59 Å². The van der Waals surface area contributed by atoms with E-state index in [1.54, 1.807) is 22.7 Å². The van der Waals surface area contributed by atoms with Gasteiger partial charge in [-0.05, 0) is 57.2 Å². The fraction of sp³-hybridized carbons (Fsp3) is 0.417. The SMILES string of the molecule is CCc1ccc([C@@H]2C(C(=O)OC(C)C)=C(C)NC3=C2C(=O)C[C@H](c2cccs2)C3)s1. The molecule has 2 atom stereocenters. The Morgan fingerprint density at radius 1 is 1.23 bits per heavy atom. The van der Waals surface area contributed by atoms with Crippen LogP contribution in [-0.4, -0.2) is 17.9 Å². The minimum Gasteiger partial charge on any atom is -0.460 e. The van der Waals surface area contributed by atoms with Crippen LogP contribution in [0.4, 0.5) is 0 Å². The van der Waals surface area contributed by atoms with Crippen molar-refractivity contribution in [2.24, 2.45) is 0 Å². The van der Waals surface area contributed by atoms with Gasteiger partial charge in [-0.1, -0.05) is 13.0 Å². The number of esters is 1. The molecule has 0 bridgehead atoms. The number of rotatable bonds is 5. The predicted molar refractivity (Wildman–Crippen MR) is 122 cm³/mol. The third kappa shape index (κ3) is 3.91. The van der Waals surface area contributed by atoms with E-state index in [1.807, 2.05) is 26.8 Å². The van der Waals surface area contributed by atoms with Crippen molar-refractivity contribution in [2.45, 2.75) is 64.9 Å². The molecular formula is C24H27NO3S2. The summed E-state index contributed by atoms with van der Waals surface area (Å²) in [4.78, 5) is 30.0. The van der Waals surface area contributed by atoms with Gasteiger partial charge in [0.05, 0.1) is 17.6 Å². The van der Waals surface area contributed by atoms with Crippen LogP contribution in [0.5, 0.6) is 0 Å². The summed E-state index contributed by atoms with van der Waals surface area (Å²) in [6.07, 6.45) is 1.99. The molecule has 0 aromatic carbocycles. The summed E-state index contributed by atoms with van der Waals surface area (Å²) >= 11 is 3.38. The number of carbonyl (C=O) groups excluding carboxylic acids is 2. The molecule has 1 N–H and O–H groups in total. The minimum atomic E-state index is -0.352. The molecule has 30 heavy (non-hydrogen) atoms. The molecule has 2 aromatic heterocycles.